The molecule has 0 radical (unpaired) electrons. The first kappa shape index (κ1) is 46.2. The minimum Gasteiger partial charge on any atom is -0.394 e. The van der Waals surface area contributed by atoms with Crippen LogP contribution in [-0.2, 0) is 37.9 Å². The van der Waals surface area contributed by atoms with Crippen LogP contribution in [0.4, 0.5) is 0 Å². The lowest BCUT2D eigenvalue weighted by molar-refractivity contribution is -0.388. The molecular formula is C45H72O17. The van der Waals surface area contributed by atoms with Crippen LogP contribution in [0.5, 0.6) is 0 Å². The molecule has 8 fully saturated rings. The summed E-state index contributed by atoms with van der Waals surface area (Å²) >= 11 is 0. The third-order valence-electron chi connectivity index (χ3n) is 17.8. The Balaban J connectivity index is 0.916. The highest BCUT2D eigenvalue weighted by atomic mass is 16.8. The normalized spacial score (nSPS) is 58.7. The van der Waals surface area contributed by atoms with Gasteiger partial charge in [-0.3, -0.25) is 0 Å². The van der Waals surface area contributed by atoms with Gasteiger partial charge >= 0.3 is 0 Å². The van der Waals surface area contributed by atoms with E-state index in [4.69, 9.17) is 37.9 Å². The van der Waals surface area contributed by atoms with Gasteiger partial charge in [0.2, 0.25) is 0 Å². The van der Waals surface area contributed by atoms with E-state index in [0.29, 0.717) is 36.5 Å². The minimum atomic E-state index is -1.72. The second-order valence-corrected chi connectivity index (χ2v) is 21.3. The van der Waals surface area contributed by atoms with Gasteiger partial charge in [-0.15, -0.1) is 0 Å². The molecule has 0 aromatic rings. The summed E-state index contributed by atoms with van der Waals surface area (Å²) in [6.07, 6.45) is -11.5. The van der Waals surface area contributed by atoms with Crippen LogP contribution in [0, 0.1) is 40.4 Å². The van der Waals surface area contributed by atoms with E-state index in [1.54, 1.807) is 0 Å². The zero-order valence-electron chi connectivity index (χ0n) is 36.8. The van der Waals surface area contributed by atoms with Gasteiger partial charge in [0.15, 0.2) is 24.7 Å². The highest BCUT2D eigenvalue weighted by molar-refractivity contribution is 5.26. The Morgan fingerprint density at radius 1 is 0.677 bits per heavy atom. The van der Waals surface area contributed by atoms with Crippen LogP contribution >= 0.6 is 0 Å². The van der Waals surface area contributed by atoms with Gasteiger partial charge in [0.25, 0.3) is 0 Å². The van der Waals surface area contributed by atoms with E-state index in [1.807, 2.05) is 6.92 Å². The predicted molar refractivity (Wildman–Crippen MR) is 214 cm³/mol. The van der Waals surface area contributed by atoms with Gasteiger partial charge in [0, 0.05) is 12.3 Å². The van der Waals surface area contributed by atoms with Crippen molar-refractivity contribution < 1.29 is 83.9 Å². The van der Waals surface area contributed by atoms with Gasteiger partial charge in [-0.05, 0) is 107 Å². The largest absolute Gasteiger partial charge is 0.394 e. The monoisotopic (exact) mass is 884 g/mol. The van der Waals surface area contributed by atoms with Crippen LogP contribution in [0.3, 0.4) is 0 Å². The molecule has 9 N–H and O–H groups in total. The van der Waals surface area contributed by atoms with Crippen LogP contribution in [0.1, 0.15) is 99.3 Å². The van der Waals surface area contributed by atoms with Gasteiger partial charge in [-0.2, -0.15) is 0 Å². The topological polar surface area (TPSA) is 256 Å². The highest BCUT2D eigenvalue weighted by Gasteiger charge is 2.70. The molecule has 9 rings (SSSR count). The molecule has 62 heavy (non-hydrogen) atoms. The van der Waals surface area contributed by atoms with Gasteiger partial charge < -0.3 is 83.9 Å². The van der Waals surface area contributed by atoms with Crippen LogP contribution in [0.2, 0.25) is 0 Å². The third kappa shape index (κ3) is 7.31. The molecule has 3 saturated carbocycles. The van der Waals surface area contributed by atoms with E-state index >= 15 is 0 Å². The quantitative estimate of drug-likeness (QED) is 0.149. The van der Waals surface area contributed by atoms with Crippen molar-refractivity contribution in [3.8, 4) is 0 Å². The predicted octanol–water partition coefficient (Wildman–Crippen LogP) is 0.357. The van der Waals surface area contributed by atoms with Crippen LogP contribution in [0.15, 0.2) is 11.6 Å². The summed E-state index contributed by atoms with van der Waals surface area (Å²) in [6.45, 7) is 11.5. The van der Waals surface area contributed by atoms with Crippen LogP contribution in [-0.4, -0.2) is 175 Å². The molecule has 17 nitrogen and oxygen atoms in total. The molecule has 9 aliphatic rings. The zero-order valence-corrected chi connectivity index (χ0v) is 36.8. The second kappa shape index (κ2) is 16.7. The van der Waals surface area contributed by atoms with Gasteiger partial charge in [-0.25, -0.2) is 0 Å². The van der Waals surface area contributed by atoms with Gasteiger partial charge in [0.1, 0.15) is 61.0 Å². The maximum atomic E-state index is 12.0. The fourth-order valence-corrected chi connectivity index (χ4v) is 14.1. The molecule has 26 atom stereocenters. The van der Waals surface area contributed by atoms with E-state index < -0.39 is 110 Å². The lowest BCUT2D eigenvalue weighted by atomic mass is 9.47. The number of allylic oxidation sites excluding steroid dienone is 1. The summed E-state index contributed by atoms with van der Waals surface area (Å²) < 4.78 is 50.1. The average Bonchev–Trinajstić information content (AvgIpc) is 3.85. The average molecular weight is 885 g/mol. The summed E-state index contributed by atoms with van der Waals surface area (Å²) in [5.41, 5.74) is 0.835. The first-order valence-electron chi connectivity index (χ1n) is 23.3. The molecule has 17 heteroatoms. The zero-order chi connectivity index (χ0) is 44.4. The summed E-state index contributed by atoms with van der Waals surface area (Å²) in [6, 6.07) is 0. The lowest BCUT2D eigenvalue weighted by Gasteiger charge is -2.58. The maximum absolute atomic E-state index is 12.0. The Morgan fingerprint density at radius 3 is 1.94 bits per heavy atom. The van der Waals surface area contributed by atoms with E-state index in [1.165, 1.54) is 19.4 Å². The molecule has 5 aliphatic heterocycles. The molecule has 4 aliphatic carbocycles. The van der Waals surface area contributed by atoms with Gasteiger partial charge in [-0.1, -0.05) is 32.4 Å². The summed E-state index contributed by atoms with van der Waals surface area (Å²) in [7, 11) is 0. The standard InChI is InChI=1S/C45H72O17/c1-19-29-27(61-45(19)14-13-42(4,18-47)62-45)16-26-24-8-7-22-15-23(9-11-43(22,5)25(24)10-12-44(26,29)6)57-41-38(60-40-35(53)33(51)31(49)21(3)56-40)36(54)37(28(17-46)58-41)59-39-34(52)32(50)30(48)20(2)55-39/h7,19-21,23-41,46-54H,8-18H2,1-6H3/t19?,20-,21-,23?,24?,25?,26?,27?,28+,29?,30-,31-,32+,33+,34+,35+,36-,37+,38+,39-,40-,41+,42-,43?,44?,45-/m0/s1. The van der Waals surface area contributed by atoms with Crippen molar-refractivity contribution in [1.82, 2.24) is 0 Å². The number of ether oxygens (including phenoxy) is 8. The summed E-state index contributed by atoms with van der Waals surface area (Å²) in [5.74, 6) is 1.52. The van der Waals surface area contributed by atoms with Crippen molar-refractivity contribution >= 4 is 0 Å². The number of rotatable bonds is 8. The number of hydrogen-bond donors (Lipinski definition) is 9. The maximum Gasteiger partial charge on any atom is 0.187 e. The Morgan fingerprint density at radius 2 is 1.32 bits per heavy atom. The Labute approximate surface area is 363 Å². The van der Waals surface area contributed by atoms with Crippen LogP contribution < -0.4 is 0 Å². The molecule has 0 aromatic carbocycles. The molecule has 0 aromatic heterocycles. The first-order valence-corrected chi connectivity index (χ1v) is 23.3. The smallest absolute Gasteiger partial charge is 0.187 e. The first-order chi connectivity index (χ1) is 29.3. The molecule has 5 heterocycles. The molecule has 0 bridgehead atoms. The van der Waals surface area contributed by atoms with E-state index in [0.717, 1.165) is 44.9 Å². The third-order valence-corrected chi connectivity index (χ3v) is 17.8. The Hall–Kier alpha value is -0.940. The number of aliphatic hydroxyl groups excluding tert-OH is 9. The summed E-state index contributed by atoms with van der Waals surface area (Å²) in [4.78, 5) is 0. The molecule has 354 valence electrons. The van der Waals surface area contributed by atoms with Gasteiger partial charge in [0.05, 0.1) is 43.2 Å². The minimum absolute atomic E-state index is 0.0118. The SMILES string of the molecule is CC1C2C(CC3C4CC=C5CC(O[C@@H]6O[C@H](CO)[C@@H](O[C@@H]7O[C@@H](C)[C@H](O)[C@@H](O)[C@H]7O)[C@H](O)[C@H]6O[C@@H]6O[C@@H](C)[C@H](O)[C@@H](O)[C@H]6O)CCC5(C)C4CCC32C)O[C@]12CC[C@@](C)(CO)O2. The van der Waals surface area contributed by atoms with Crippen molar-refractivity contribution in [1.29, 1.82) is 0 Å². The molecule has 9 unspecified atom stereocenters. The molecule has 0 amide bonds. The molecular weight excluding hydrogens is 812 g/mol. The number of aliphatic hydroxyl groups is 9. The number of fused-ring (bicyclic) bond motifs is 7. The fourth-order valence-electron chi connectivity index (χ4n) is 14.1. The highest BCUT2D eigenvalue weighted by Crippen LogP contribution is 2.71. The van der Waals surface area contributed by atoms with E-state index in [2.05, 4.69) is 26.8 Å². The van der Waals surface area contributed by atoms with Crippen LogP contribution in [0.25, 0.3) is 0 Å². The Bertz CT molecular complexity index is 1650. The van der Waals surface area contributed by atoms with E-state index in [-0.39, 0.29) is 35.6 Å². The van der Waals surface area contributed by atoms with Crippen molar-refractivity contribution in [2.24, 2.45) is 40.4 Å². The van der Waals surface area contributed by atoms with Crippen molar-refractivity contribution in [3.05, 3.63) is 11.6 Å². The second-order valence-electron chi connectivity index (χ2n) is 21.3. The molecule has 5 saturated heterocycles. The van der Waals surface area contributed by atoms with Crippen molar-refractivity contribution in [2.45, 2.75) is 215 Å². The summed E-state index contributed by atoms with van der Waals surface area (Å²) in [5, 5.41) is 96.0. The fraction of sp³-hybridized carbons (Fsp3) is 0.956. The lowest BCUT2D eigenvalue weighted by Crippen LogP contribution is -2.66. The Kier molecular flexibility index (Phi) is 12.4. The number of hydrogen-bond acceptors (Lipinski definition) is 17. The van der Waals surface area contributed by atoms with E-state index in [9.17, 15) is 46.0 Å². The van der Waals surface area contributed by atoms with Crippen molar-refractivity contribution in [3.63, 3.8) is 0 Å². The van der Waals surface area contributed by atoms with Crippen molar-refractivity contribution in [2.75, 3.05) is 13.2 Å². The molecule has 1 spiro atoms.